The molecule has 0 aromatic heterocycles. The van der Waals surface area contributed by atoms with E-state index in [1.165, 1.54) is 24.3 Å². The molecule has 0 aliphatic rings. The average Bonchev–Trinajstić information content (AvgIpc) is 2.38. The summed E-state index contributed by atoms with van der Waals surface area (Å²) in [5, 5.41) is 10.6. The lowest BCUT2D eigenvalue weighted by Gasteiger charge is -2.14. The molecule has 0 fully saturated rings. The first-order valence-corrected chi connectivity index (χ1v) is 5.79. The molecule has 0 saturated heterocycles. The van der Waals surface area contributed by atoms with Gasteiger partial charge in [-0.3, -0.25) is 10.1 Å². The first kappa shape index (κ1) is 14.3. The molecular formula is C13H7ClF3NO2. The number of halogens is 4. The van der Waals surface area contributed by atoms with Gasteiger partial charge in [-0.25, -0.2) is 0 Å². The van der Waals surface area contributed by atoms with Crippen molar-refractivity contribution in [1.29, 1.82) is 0 Å². The normalized spacial score (nSPS) is 11.4. The van der Waals surface area contributed by atoms with Gasteiger partial charge in [-0.1, -0.05) is 41.9 Å². The molecule has 0 unspecified atom stereocenters. The molecule has 0 saturated carbocycles. The Kier molecular flexibility index (Phi) is 3.67. The van der Waals surface area contributed by atoms with E-state index in [-0.39, 0.29) is 16.1 Å². The van der Waals surface area contributed by atoms with Crippen LogP contribution in [0.4, 0.5) is 18.9 Å². The van der Waals surface area contributed by atoms with Gasteiger partial charge < -0.3 is 0 Å². The van der Waals surface area contributed by atoms with E-state index >= 15 is 0 Å². The molecule has 0 aliphatic heterocycles. The maximum absolute atomic E-state index is 13.2. The van der Waals surface area contributed by atoms with E-state index in [0.717, 1.165) is 12.1 Å². The van der Waals surface area contributed by atoms with Crippen LogP contribution < -0.4 is 0 Å². The Labute approximate surface area is 116 Å². The number of nitrogens with zero attached hydrogens (tertiary/aromatic N) is 1. The van der Waals surface area contributed by atoms with Crippen LogP contribution in [0.5, 0.6) is 0 Å². The number of hydrogen-bond acceptors (Lipinski definition) is 2. The molecule has 3 nitrogen and oxygen atoms in total. The predicted octanol–water partition coefficient (Wildman–Crippen LogP) is 4.93. The molecule has 0 aliphatic carbocycles. The standard InChI is InChI=1S/C13H7ClF3NO2/c14-9-6-7-10(18(19)20)12(13(15,16)17)11(9)8-4-2-1-3-5-8/h1-7H. The van der Waals surface area contributed by atoms with Crippen LogP contribution in [0, 0.1) is 10.1 Å². The van der Waals surface area contributed by atoms with Crippen LogP contribution in [0.2, 0.25) is 5.02 Å². The monoisotopic (exact) mass is 301 g/mol. The van der Waals surface area contributed by atoms with Gasteiger partial charge in [0.1, 0.15) is 5.56 Å². The minimum atomic E-state index is -4.88. The highest BCUT2D eigenvalue weighted by Gasteiger charge is 2.42. The summed E-state index contributed by atoms with van der Waals surface area (Å²) in [6.07, 6.45) is -4.88. The van der Waals surface area contributed by atoms with Crippen molar-refractivity contribution in [3.8, 4) is 11.1 Å². The molecule has 0 amide bonds. The van der Waals surface area contributed by atoms with Crippen molar-refractivity contribution < 1.29 is 18.1 Å². The Morgan fingerprint density at radius 3 is 2.15 bits per heavy atom. The lowest BCUT2D eigenvalue weighted by molar-refractivity contribution is -0.388. The van der Waals surface area contributed by atoms with Crippen molar-refractivity contribution in [2.24, 2.45) is 0 Å². The van der Waals surface area contributed by atoms with Crippen LogP contribution in [-0.2, 0) is 6.18 Å². The number of nitro benzene ring substituents is 1. The van der Waals surface area contributed by atoms with E-state index in [2.05, 4.69) is 0 Å². The summed E-state index contributed by atoms with van der Waals surface area (Å²) in [5.74, 6) is 0. The van der Waals surface area contributed by atoms with Crippen LogP contribution in [0.25, 0.3) is 11.1 Å². The number of benzene rings is 2. The van der Waals surface area contributed by atoms with Gasteiger partial charge in [-0.05, 0) is 11.6 Å². The molecular weight excluding hydrogens is 295 g/mol. The Bertz CT molecular complexity index is 657. The summed E-state index contributed by atoms with van der Waals surface area (Å²) in [7, 11) is 0. The van der Waals surface area contributed by atoms with Crippen LogP contribution in [-0.4, -0.2) is 4.92 Å². The maximum atomic E-state index is 13.2. The fourth-order valence-corrected chi connectivity index (χ4v) is 2.16. The zero-order valence-corrected chi connectivity index (χ0v) is 10.6. The lowest BCUT2D eigenvalue weighted by Crippen LogP contribution is -2.11. The van der Waals surface area contributed by atoms with Gasteiger partial charge >= 0.3 is 6.18 Å². The lowest BCUT2D eigenvalue weighted by atomic mass is 9.97. The highest BCUT2D eigenvalue weighted by Crippen LogP contribution is 2.45. The second kappa shape index (κ2) is 5.13. The van der Waals surface area contributed by atoms with E-state index < -0.39 is 22.4 Å². The molecule has 2 rings (SSSR count). The van der Waals surface area contributed by atoms with Gasteiger partial charge in [0.2, 0.25) is 0 Å². The summed E-state index contributed by atoms with van der Waals surface area (Å²) in [5.41, 5.74) is -2.55. The van der Waals surface area contributed by atoms with Crippen LogP contribution in [0.1, 0.15) is 5.56 Å². The van der Waals surface area contributed by atoms with Crippen LogP contribution >= 0.6 is 11.6 Å². The topological polar surface area (TPSA) is 43.1 Å². The summed E-state index contributed by atoms with van der Waals surface area (Å²) < 4.78 is 39.5. The third-order valence-electron chi connectivity index (χ3n) is 2.68. The van der Waals surface area contributed by atoms with Gasteiger partial charge in [0.15, 0.2) is 0 Å². The van der Waals surface area contributed by atoms with Crippen molar-refractivity contribution in [3.05, 3.63) is 63.2 Å². The van der Waals surface area contributed by atoms with Gasteiger partial charge in [-0.2, -0.15) is 13.2 Å². The molecule has 0 atom stereocenters. The Morgan fingerprint density at radius 2 is 1.65 bits per heavy atom. The van der Waals surface area contributed by atoms with Crippen molar-refractivity contribution in [1.82, 2.24) is 0 Å². The number of nitro groups is 1. The number of hydrogen-bond donors (Lipinski definition) is 0. The Hall–Kier alpha value is -2.08. The maximum Gasteiger partial charge on any atom is 0.423 e. The largest absolute Gasteiger partial charge is 0.423 e. The molecule has 0 bridgehead atoms. The predicted molar refractivity (Wildman–Crippen MR) is 68.5 cm³/mol. The van der Waals surface area contributed by atoms with E-state index in [9.17, 15) is 23.3 Å². The van der Waals surface area contributed by atoms with E-state index in [0.29, 0.717) is 0 Å². The smallest absolute Gasteiger partial charge is 0.258 e. The van der Waals surface area contributed by atoms with Gasteiger partial charge in [-0.15, -0.1) is 0 Å². The zero-order valence-electron chi connectivity index (χ0n) is 9.82. The summed E-state index contributed by atoms with van der Waals surface area (Å²) in [6.45, 7) is 0. The molecule has 2 aromatic carbocycles. The highest BCUT2D eigenvalue weighted by atomic mass is 35.5. The van der Waals surface area contributed by atoms with E-state index in [1.807, 2.05) is 0 Å². The van der Waals surface area contributed by atoms with Crippen molar-refractivity contribution in [2.45, 2.75) is 6.18 Å². The third-order valence-corrected chi connectivity index (χ3v) is 2.99. The number of rotatable bonds is 2. The summed E-state index contributed by atoms with van der Waals surface area (Å²) in [6, 6.07) is 9.38. The summed E-state index contributed by atoms with van der Waals surface area (Å²) in [4.78, 5) is 9.76. The fraction of sp³-hybridized carbons (Fsp3) is 0.0769. The first-order valence-electron chi connectivity index (χ1n) is 5.42. The molecule has 0 heterocycles. The second-order valence-corrected chi connectivity index (χ2v) is 4.34. The molecule has 0 N–H and O–H groups in total. The van der Waals surface area contributed by atoms with Crippen molar-refractivity contribution in [3.63, 3.8) is 0 Å². The molecule has 7 heteroatoms. The third kappa shape index (κ3) is 2.60. The van der Waals surface area contributed by atoms with Gasteiger partial charge in [0.05, 0.1) is 4.92 Å². The average molecular weight is 302 g/mol. The fourth-order valence-electron chi connectivity index (χ4n) is 1.89. The quantitative estimate of drug-likeness (QED) is 0.583. The van der Waals surface area contributed by atoms with E-state index in [1.54, 1.807) is 6.07 Å². The molecule has 0 spiro atoms. The van der Waals surface area contributed by atoms with Crippen LogP contribution in [0.15, 0.2) is 42.5 Å². The summed E-state index contributed by atoms with van der Waals surface area (Å²) >= 11 is 5.82. The van der Waals surface area contributed by atoms with Gasteiger partial charge in [0.25, 0.3) is 5.69 Å². The van der Waals surface area contributed by atoms with E-state index in [4.69, 9.17) is 11.6 Å². The Morgan fingerprint density at radius 1 is 1.05 bits per heavy atom. The molecule has 2 aromatic rings. The molecule has 20 heavy (non-hydrogen) atoms. The first-order chi connectivity index (χ1) is 9.32. The minimum absolute atomic E-state index is 0.175. The van der Waals surface area contributed by atoms with Crippen molar-refractivity contribution in [2.75, 3.05) is 0 Å². The Balaban J connectivity index is 2.85. The number of alkyl halides is 3. The van der Waals surface area contributed by atoms with Crippen molar-refractivity contribution >= 4 is 17.3 Å². The van der Waals surface area contributed by atoms with Crippen LogP contribution in [0.3, 0.4) is 0 Å². The molecule has 104 valence electrons. The second-order valence-electron chi connectivity index (χ2n) is 3.94. The SMILES string of the molecule is O=[N+]([O-])c1ccc(Cl)c(-c2ccccc2)c1C(F)(F)F. The van der Waals surface area contributed by atoms with Gasteiger partial charge in [0, 0.05) is 16.7 Å². The molecule has 0 radical (unpaired) electrons. The highest BCUT2D eigenvalue weighted by molar-refractivity contribution is 6.33. The minimum Gasteiger partial charge on any atom is -0.258 e. The zero-order chi connectivity index (χ0) is 14.9.